The number of pyridine rings is 1. The Bertz CT molecular complexity index is 1420. The molecule has 0 atom stereocenters. The van der Waals surface area contributed by atoms with Gasteiger partial charge in [-0.25, -0.2) is 9.97 Å². The third-order valence-electron chi connectivity index (χ3n) is 4.38. The maximum Gasteiger partial charge on any atom is 0.373 e. The largest absolute Gasteiger partial charge is 0.431 e. The Balaban J connectivity index is 1.56. The lowest BCUT2D eigenvalue weighted by Gasteiger charge is -2.10. The molecule has 0 saturated carbocycles. The molecule has 0 unspecified atom stereocenters. The Morgan fingerprint density at radius 1 is 1.06 bits per heavy atom. The second-order valence-corrected chi connectivity index (χ2v) is 8.18. The van der Waals surface area contributed by atoms with Gasteiger partial charge in [-0.15, -0.1) is 0 Å². The minimum absolute atomic E-state index is 0.0107. The van der Waals surface area contributed by atoms with E-state index in [1.165, 1.54) is 17.7 Å². The quantitative estimate of drug-likeness (QED) is 0.239. The molecule has 5 rings (SSSR count). The van der Waals surface area contributed by atoms with Crippen LogP contribution in [0.3, 0.4) is 0 Å². The maximum atomic E-state index is 11.9. The van der Waals surface area contributed by atoms with E-state index in [-0.39, 0.29) is 11.7 Å². The van der Waals surface area contributed by atoms with Crippen LogP contribution in [0.25, 0.3) is 21.1 Å². The van der Waals surface area contributed by atoms with Crippen molar-refractivity contribution in [2.75, 3.05) is 5.32 Å². The van der Waals surface area contributed by atoms with Crippen molar-refractivity contribution in [1.29, 1.82) is 0 Å². The van der Waals surface area contributed by atoms with Gasteiger partial charge in [-0.1, -0.05) is 45.5 Å². The van der Waals surface area contributed by atoms with Gasteiger partial charge in [0.25, 0.3) is 0 Å². The van der Waals surface area contributed by atoms with Crippen LogP contribution in [0.2, 0.25) is 0 Å². The van der Waals surface area contributed by atoms with Crippen LogP contribution in [-0.4, -0.2) is 24.9 Å². The zero-order chi connectivity index (χ0) is 21.4. The molecule has 0 aliphatic rings. The molecule has 0 radical (unpaired) electrons. The van der Waals surface area contributed by atoms with E-state index in [2.05, 4.69) is 41.2 Å². The van der Waals surface area contributed by atoms with Crippen LogP contribution in [0.15, 0.2) is 65.5 Å². The summed E-state index contributed by atoms with van der Waals surface area (Å²) in [6, 6.07) is 14.7. The van der Waals surface area contributed by atoms with Crippen molar-refractivity contribution >= 4 is 65.0 Å². The van der Waals surface area contributed by atoms with Gasteiger partial charge in [-0.05, 0) is 30.3 Å². The fourth-order valence-electron chi connectivity index (χ4n) is 3.02. The molecule has 152 valence electrons. The molecular weight excluding hydrogens is 484 g/mol. The van der Waals surface area contributed by atoms with Crippen molar-refractivity contribution < 1.29 is 9.66 Å². The van der Waals surface area contributed by atoms with Crippen LogP contribution >= 0.6 is 27.3 Å². The van der Waals surface area contributed by atoms with Crippen LogP contribution in [0, 0.1) is 10.1 Å². The monoisotopic (exact) mass is 494 g/mol. The molecule has 0 aliphatic carbocycles. The number of para-hydroxylation sites is 1. The number of benzene rings is 2. The Morgan fingerprint density at radius 3 is 2.77 bits per heavy atom. The van der Waals surface area contributed by atoms with E-state index in [0.717, 1.165) is 20.1 Å². The summed E-state index contributed by atoms with van der Waals surface area (Å²) in [4.78, 5) is 28.1. The third-order valence-corrected chi connectivity index (χ3v) is 6.02. The number of fused-ring (bicyclic) bond motifs is 2. The van der Waals surface area contributed by atoms with Crippen molar-refractivity contribution in [2.24, 2.45) is 0 Å². The zero-order valence-electron chi connectivity index (χ0n) is 15.5. The number of nitrogens with zero attached hydrogens (tertiary/aromatic N) is 5. The number of anilines is 2. The lowest BCUT2D eigenvalue weighted by atomic mass is 10.2. The van der Waals surface area contributed by atoms with Gasteiger partial charge in [0, 0.05) is 16.1 Å². The van der Waals surface area contributed by atoms with Gasteiger partial charge >= 0.3 is 11.6 Å². The molecular formula is C20H11BrN6O3S. The van der Waals surface area contributed by atoms with E-state index in [4.69, 9.17) is 4.74 Å². The topological polar surface area (TPSA) is 116 Å². The number of nitrogens with one attached hydrogen (secondary N) is 1. The summed E-state index contributed by atoms with van der Waals surface area (Å²) in [6.45, 7) is 0. The molecule has 1 N–H and O–H groups in total. The summed E-state index contributed by atoms with van der Waals surface area (Å²) in [7, 11) is 0. The molecule has 9 nitrogen and oxygen atoms in total. The van der Waals surface area contributed by atoms with E-state index >= 15 is 0 Å². The highest BCUT2D eigenvalue weighted by Crippen LogP contribution is 2.39. The van der Waals surface area contributed by atoms with E-state index < -0.39 is 10.6 Å². The van der Waals surface area contributed by atoms with Gasteiger partial charge in [0.05, 0.1) is 15.1 Å². The predicted molar refractivity (Wildman–Crippen MR) is 121 cm³/mol. The number of halogens is 1. The SMILES string of the molecule is O=[N+]([O-])c1c(Nc2nc3ccccc3s2)ncnc1Oc1ccc(Br)c2cccnc12. The Kier molecular flexibility index (Phi) is 4.88. The summed E-state index contributed by atoms with van der Waals surface area (Å²) in [5, 5.41) is 16.1. The van der Waals surface area contributed by atoms with Crippen molar-refractivity contribution in [3.05, 3.63) is 75.6 Å². The minimum atomic E-state index is -0.584. The number of rotatable bonds is 5. The van der Waals surface area contributed by atoms with E-state index in [1.807, 2.05) is 30.3 Å². The average Bonchev–Trinajstić information content (AvgIpc) is 3.18. The number of hydrogen-bond acceptors (Lipinski definition) is 9. The lowest BCUT2D eigenvalue weighted by molar-refractivity contribution is -0.385. The first kappa shape index (κ1) is 19.3. The fraction of sp³-hybridized carbons (Fsp3) is 0. The second kappa shape index (κ2) is 7.85. The number of nitro groups is 1. The molecule has 2 aromatic carbocycles. The van der Waals surface area contributed by atoms with Gasteiger partial charge in [-0.3, -0.25) is 15.1 Å². The van der Waals surface area contributed by atoms with Crippen LogP contribution < -0.4 is 10.1 Å². The predicted octanol–water partition coefficient (Wildman–Crippen LogP) is 5.84. The summed E-state index contributed by atoms with van der Waals surface area (Å²) in [5.41, 5.74) is 0.940. The first-order valence-electron chi connectivity index (χ1n) is 8.93. The number of hydrogen-bond donors (Lipinski definition) is 1. The van der Waals surface area contributed by atoms with Gasteiger partial charge in [-0.2, -0.15) is 4.98 Å². The maximum absolute atomic E-state index is 11.9. The van der Waals surface area contributed by atoms with Crippen LogP contribution in [-0.2, 0) is 0 Å². The van der Waals surface area contributed by atoms with Crippen LogP contribution in [0.4, 0.5) is 16.6 Å². The van der Waals surface area contributed by atoms with E-state index in [0.29, 0.717) is 16.4 Å². The number of ether oxygens (including phenoxy) is 1. The smallest absolute Gasteiger partial charge is 0.373 e. The highest BCUT2D eigenvalue weighted by molar-refractivity contribution is 9.10. The second-order valence-electron chi connectivity index (χ2n) is 6.29. The molecule has 0 saturated heterocycles. The van der Waals surface area contributed by atoms with Crippen LogP contribution in [0.1, 0.15) is 0 Å². The van der Waals surface area contributed by atoms with Gasteiger partial charge in [0.2, 0.25) is 5.82 Å². The van der Waals surface area contributed by atoms with E-state index in [9.17, 15) is 10.1 Å². The molecule has 0 spiro atoms. The summed E-state index contributed by atoms with van der Waals surface area (Å²) < 4.78 is 7.62. The van der Waals surface area contributed by atoms with Crippen molar-refractivity contribution in [1.82, 2.24) is 19.9 Å². The average molecular weight is 495 g/mol. The summed E-state index contributed by atoms with van der Waals surface area (Å²) in [6.07, 6.45) is 2.82. The van der Waals surface area contributed by atoms with Crippen molar-refractivity contribution in [2.45, 2.75) is 0 Å². The number of aromatic nitrogens is 4. The number of thiazole rings is 1. The third kappa shape index (κ3) is 3.64. The standard InChI is InChI=1S/C20H11BrN6O3S/c21-12-7-8-14(16-11(12)4-3-9-22-16)30-19-17(27(28)29)18(23-10-24-19)26-20-25-13-5-1-2-6-15(13)31-20/h1-10H,(H,23,24,25,26). The molecule has 31 heavy (non-hydrogen) atoms. The molecule has 5 aromatic rings. The molecule has 0 aliphatic heterocycles. The Morgan fingerprint density at radius 2 is 1.94 bits per heavy atom. The van der Waals surface area contributed by atoms with Gasteiger partial charge < -0.3 is 10.1 Å². The molecule has 0 amide bonds. The van der Waals surface area contributed by atoms with Crippen molar-refractivity contribution in [3.63, 3.8) is 0 Å². The highest BCUT2D eigenvalue weighted by Gasteiger charge is 2.26. The first-order chi connectivity index (χ1) is 15.1. The van der Waals surface area contributed by atoms with Gasteiger partial charge in [0.15, 0.2) is 10.9 Å². The van der Waals surface area contributed by atoms with Crippen LogP contribution in [0.5, 0.6) is 11.6 Å². The highest BCUT2D eigenvalue weighted by atomic mass is 79.9. The molecule has 3 aromatic heterocycles. The molecule has 11 heteroatoms. The zero-order valence-corrected chi connectivity index (χ0v) is 17.9. The minimum Gasteiger partial charge on any atom is -0.431 e. The molecule has 0 bridgehead atoms. The van der Waals surface area contributed by atoms with E-state index in [1.54, 1.807) is 24.4 Å². The first-order valence-corrected chi connectivity index (χ1v) is 10.5. The normalized spacial score (nSPS) is 11.0. The summed E-state index contributed by atoms with van der Waals surface area (Å²) in [5.74, 6) is 0.132. The van der Waals surface area contributed by atoms with Crippen molar-refractivity contribution in [3.8, 4) is 11.6 Å². The fourth-order valence-corrected chi connectivity index (χ4v) is 4.34. The molecule has 0 fully saturated rings. The Hall–Kier alpha value is -3.70. The van der Waals surface area contributed by atoms with Gasteiger partial charge in [0.1, 0.15) is 11.8 Å². The molecule has 3 heterocycles. The Labute approximate surface area is 187 Å². The summed E-state index contributed by atoms with van der Waals surface area (Å²) >= 11 is 4.84. The lowest BCUT2D eigenvalue weighted by Crippen LogP contribution is -2.03.